The van der Waals surface area contributed by atoms with Crippen LogP contribution in [0.3, 0.4) is 0 Å². The molecule has 2 heterocycles. The molecule has 2 aliphatic heterocycles. The number of morpholine rings is 1. The van der Waals surface area contributed by atoms with Gasteiger partial charge < -0.3 is 21.1 Å². The van der Waals surface area contributed by atoms with Crippen molar-refractivity contribution < 1.29 is 9.53 Å². The zero-order valence-electron chi connectivity index (χ0n) is 19.9. The number of benzene rings is 1. The molecule has 1 unspecified atom stereocenters. The molecule has 8 nitrogen and oxygen atoms in total. The molecule has 0 aromatic heterocycles. The van der Waals surface area contributed by atoms with Crippen LogP contribution >= 0.6 is 0 Å². The number of nitrogens with one attached hydrogen (secondary N) is 2. The van der Waals surface area contributed by atoms with Crippen LogP contribution in [-0.4, -0.2) is 80.2 Å². The van der Waals surface area contributed by atoms with E-state index in [4.69, 9.17) is 10.5 Å². The molecule has 0 saturated carbocycles. The van der Waals surface area contributed by atoms with E-state index < -0.39 is 0 Å². The van der Waals surface area contributed by atoms with Gasteiger partial charge in [-0.3, -0.25) is 19.6 Å². The molecule has 8 heteroatoms. The second-order valence-electron chi connectivity index (χ2n) is 9.49. The van der Waals surface area contributed by atoms with E-state index in [1.807, 2.05) is 0 Å². The summed E-state index contributed by atoms with van der Waals surface area (Å²) in [4.78, 5) is 20.7. The van der Waals surface area contributed by atoms with Crippen molar-refractivity contribution in [2.24, 2.45) is 16.6 Å². The summed E-state index contributed by atoms with van der Waals surface area (Å²) < 4.78 is 5.48. The Bertz CT molecular complexity index is 776. The third kappa shape index (κ3) is 7.18. The first-order chi connectivity index (χ1) is 15.4. The number of nitrogens with zero attached hydrogens (tertiary/aromatic N) is 3. The third-order valence-corrected chi connectivity index (χ3v) is 6.54. The number of likely N-dealkylation sites (tertiary alicyclic amines) is 1. The molecular weight excluding hydrogens is 404 g/mol. The number of nitrogens with two attached hydrogens (primary N) is 1. The van der Waals surface area contributed by atoms with Gasteiger partial charge in [-0.1, -0.05) is 24.3 Å². The summed E-state index contributed by atoms with van der Waals surface area (Å²) in [6.45, 7) is 12.2. The summed E-state index contributed by atoms with van der Waals surface area (Å²) >= 11 is 0. The fourth-order valence-corrected chi connectivity index (χ4v) is 4.51. The Kier molecular flexibility index (Phi) is 8.90. The fourth-order valence-electron chi connectivity index (χ4n) is 4.51. The topological polar surface area (TPSA) is 95.2 Å². The number of amides is 1. The Morgan fingerprint density at radius 3 is 2.69 bits per heavy atom. The maximum atomic E-state index is 11.6. The van der Waals surface area contributed by atoms with Crippen LogP contribution in [0.15, 0.2) is 29.3 Å². The second kappa shape index (κ2) is 11.6. The molecule has 4 N–H and O–H groups in total. The summed E-state index contributed by atoms with van der Waals surface area (Å²) in [7, 11) is 1.80. The minimum absolute atomic E-state index is 0.0234. The van der Waals surface area contributed by atoms with Gasteiger partial charge in [0, 0.05) is 51.9 Å². The monoisotopic (exact) mass is 444 g/mol. The van der Waals surface area contributed by atoms with Gasteiger partial charge in [0.25, 0.3) is 0 Å². The Morgan fingerprint density at radius 1 is 1.22 bits per heavy atom. The van der Waals surface area contributed by atoms with Gasteiger partial charge in [-0.2, -0.15) is 0 Å². The molecule has 0 aliphatic carbocycles. The van der Waals surface area contributed by atoms with E-state index in [9.17, 15) is 4.79 Å². The quantitative estimate of drug-likeness (QED) is 0.411. The number of piperidine rings is 1. The Balaban J connectivity index is 1.48. The van der Waals surface area contributed by atoms with Crippen molar-refractivity contribution >= 4 is 11.9 Å². The Hall–Kier alpha value is -2.16. The Morgan fingerprint density at radius 2 is 1.97 bits per heavy atom. The molecule has 1 aromatic carbocycles. The van der Waals surface area contributed by atoms with Gasteiger partial charge in [-0.25, -0.2) is 0 Å². The first kappa shape index (κ1) is 24.5. The van der Waals surface area contributed by atoms with Crippen LogP contribution in [0, 0.1) is 5.92 Å². The molecule has 32 heavy (non-hydrogen) atoms. The molecule has 1 atom stereocenters. The highest BCUT2D eigenvalue weighted by atomic mass is 16.5. The molecule has 3 rings (SSSR count). The molecule has 1 amide bonds. The highest BCUT2D eigenvalue weighted by Crippen LogP contribution is 2.19. The van der Waals surface area contributed by atoms with Crippen molar-refractivity contribution in [1.29, 1.82) is 0 Å². The average molecular weight is 445 g/mol. The molecular formula is C24H40N6O2. The maximum Gasteiger partial charge on any atom is 0.221 e. The third-order valence-electron chi connectivity index (χ3n) is 6.54. The molecule has 178 valence electrons. The standard InChI is InChI=1S/C24H40N6O2/c1-24(2,30-10-12-32-13-11-30)18-28-23(26-3)27-15-19-6-4-7-20(14-19)16-29-9-5-8-21(17-29)22(25)31/h4,6-7,14,21H,5,8-13,15-18H2,1-3H3,(H2,25,31)(H2,26,27,28). The minimum Gasteiger partial charge on any atom is -0.379 e. The smallest absolute Gasteiger partial charge is 0.221 e. The summed E-state index contributed by atoms with van der Waals surface area (Å²) in [5.74, 6) is 0.602. The van der Waals surface area contributed by atoms with Crippen LogP contribution in [0.4, 0.5) is 0 Å². The number of aliphatic imine (C=N–C) groups is 1. The van der Waals surface area contributed by atoms with E-state index in [0.29, 0.717) is 6.54 Å². The summed E-state index contributed by atoms with van der Waals surface area (Å²) in [5, 5.41) is 6.91. The van der Waals surface area contributed by atoms with Gasteiger partial charge in [0.2, 0.25) is 5.91 Å². The molecule has 2 saturated heterocycles. The van der Waals surface area contributed by atoms with Gasteiger partial charge in [0.15, 0.2) is 5.96 Å². The second-order valence-corrected chi connectivity index (χ2v) is 9.49. The van der Waals surface area contributed by atoms with Crippen LogP contribution in [0.5, 0.6) is 0 Å². The number of ether oxygens (including phenoxy) is 1. The first-order valence-electron chi connectivity index (χ1n) is 11.7. The number of hydrogen-bond acceptors (Lipinski definition) is 5. The SMILES string of the molecule is CN=C(NCc1cccc(CN2CCCC(C(N)=O)C2)c1)NCC(C)(C)N1CCOCC1. The van der Waals surface area contributed by atoms with E-state index >= 15 is 0 Å². The van der Waals surface area contributed by atoms with E-state index in [0.717, 1.165) is 71.3 Å². The van der Waals surface area contributed by atoms with Gasteiger partial charge >= 0.3 is 0 Å². The van der Waals surface area contributed by atoms with Crippen LogP contribution < -0.4 is 16.4 Å². The van der Waals surface area contributed by atoms with E-state index in [1.165, 1.54) is 11.1 Å². The molecule has 0 spiro atoms. The van der Waals surface area contributed by atoms with Crippen molar-refractivity contribution in [3.05, 3.63) is 35.4 Å². The van der Waals surface area contributed by atoms with Crippen LogP contribution in [0.1, 0.15) is 37.8 Å². The van der Waals surface area contributed by atoms with Crippen molar-refractivity contribution in [1.82, 2.24) is 20.4 Å². The van der Waals surface area contributed by atoms with Gasteiger partial charge in [0.05, 0.1) is 19.1 Å². The lowest BCUT2D eigenvalue weighted by Crippen LogP contribution is -2.56. The minimum atomic E-state index is -0.177. The number of carbonyl (C=O) groups is 1. The fraction of sp³-hybridized carbons (Fsp3) is 0.667. The number of rotatable bonds is 8. The van der Waals surface area contributed by atoms with Crippen LogP contribution in [0.2, 0.25) is 0 Å². The normalized spacial score (nSPS) is 21.3. The van der Waals surface area contributed by atoms with Crippen LogP contribution in [0.25, 0.3) is 0 Å². The summed E-state index contributed by atoms with van der Waals surface area (Å²) in [6, 6.07) is 8.60. The Labute approximate surface area is 192 Å². The number of primary amides is 1. The number of carbonyl (C=O) groups excluding carboxylic acids is 1. The zero-order valence-corrected chi connectivity index (χ0v) is 19.9. The number of guanidine groups is 1. The van der Waals surface area contributed by atoms with Crippen LogP contribution in [-0.2, 0) is 22.6 Å². The van der Waals surface area contributed by atoms with Crippen molar-refractivity contribution in [3.63, 3.8) is 0 Å². The molecule has 1 aromatic rings. The lowest BCUT2D eigenvalue weighted by Gasteiger charge is -2.41. The summed E-state index contributed by atoms with van der Waals surface area (Å²) in [5.41, 5.74) is 8.01. The summed E-state index contributed by atoms with van der Waals surface area (Å²) in [6.07, 6.45) is 1.93. The molecule has 2 aliphatic rings. The lowest BCUT2D eigenvalue weighted by molar-refractivity contribution is -0.123. The van der Waals surface area contributed by atoms with Crippen molar-refractivity contribution in [3.8, 4) is 0 Å². The first-order valence-corrected chi connectivity index (χ1v) is 11.7. The average Bonchev–Trinajstić information content (AvgIpc) is 2.80. The highest BCUT2D eigenvalue weighted by Gasteiger charge is 2.28. The van der Waals surface area contributed by atoms with E-state index in [1.54, 1.807) is 7.05 Å². The van der Waals surface area contributed by atoms with Gasteiger partial charge in [-0.15, -0.1) is 0 Å². The van der Waals surface area contributed by atoms with E-state index in [-0.39, 0.29) is 17.4 Å². The zero-order chi connectivity index (χ0) is 23.0. The van der Waals surface area contributed by atoms with E-state index in [2.05, 4.69) is 63.5 Å². The van der Waals surface area contributed by atoms with Gasteiger partial charge in [0.1, 0.15) is 0 Å². The maximum absolute atomic E-state index is 11.6. The largest absolute Gasteiger partial charge is 0.379 e. The molecule has 2 fully saturated rings. The van der Waals surface area contributed by atoms with Crippen molar-refractivity contribution in [2.75, 3.05) is 53.0 Å². The lowest BCUT2D eigenvalue weighted by atomic mass is 9.97. The predicted octanol–water partition coefficient (Wildman–Crippen LogP) is 1.16. The molecule has 0 bridgehead atoms. The highest BCUT2D eigenvalue weighted by molar-refractivity contribution is 5.79. The van der Waals surface area contributed by atoms with Crippen molar-refractivity contribution in [2.45, 2.75) is 45.3 Å². The molecule has 0 radical (unpaired) electrons. The number of hydrogen-bond donors (Lipinski definition) is 3. The predicted molar refractivity (Wildman–Crippen MR) is 128 cm³/mol. The van der Waals surface area contributed by atoms with Gasteiger partial charge in [-0.05, 0) is 44.4 Å².